The second-order valence-corrected chi connectivity index (χ2v) is 4.66. The normalized spacial score (nSPS) is 24.1. The Morgan fingerprint density at radius 2 is 1.73 bits per heavy atom. The molecular formula is C13H24O2. The highest BCUT2D eigenvalue weighted by molar-refractivity contribution is 5.75. The van der Waals surface area contributed by atoms with Crippen LogP contribution in [0.1, 0.15) is 65.2 Å². The van der Waals surface area contributed by atoms with Gasteiger partial charge in [0.15, 0.2) is 0 Å². The van der Waals surface area contributed by atoms with Crippen molar-refractivity contribution >= 4 is 5.78 Å². The Bertz CT molecular complexity index is 189. The van der Waals surface area contributed by atoms with E-state index in [0.717, 1.165) is 19.3 Å². The predicted molar refractivity (Wildman–Crippen MR) is 62.0 cm³/mol. The zero-order valence-corrected chi connectivity index (χ0v) is 10.1. The number of hydrogen-bond donors (Lipinski definition) is 0. The lowest BCUT2D eigenvalue weighted by Gasteiger charge is -1.96. The van der Waals surface area contributed by atoms with Crippen LogP contribution < -0.4 is 0 Å². The lowest BCUT2D eigenvalue weighted by Crippen LogP contribution is -1.96. The summed E-state index contributed by atoms with van der Waals surface area (Å²) >= 11 is 0. The second kappa shape index (κ2) is 7.00. The molecule has 1 rings (SSSR count). The number of carbonyl (C=O) groups is 1. The molecule has 1 saturated heterocycles. The molecule has 0 aromatic heterocycles. The number of rotatable bonds is 9. The molecule has 0 bridgehead atoms. The molecule has 1 heterocycles. The molecule has 0 aliphatic carbocycles. The van der Waals surface area contributed by atoms with Gasteiger partial charge in [0.05, 0.1) is 12.2 Å². The van der Waals surface area contributed by atoms with Crippen LogP contribution in [0.3, 0.4) is 0 Å². The van der Waals surface area contributed by atoms with Crippen LogP contribution in [0, 0.1) is 0 Å². The van der Waals surface area contributed by atoms with Crippen molar-refractivity contribution in [1.82, 2.24) is 0 Å². The smallest absolute Gasteiger partial charge is 0.129 e. The van der Waals surface area contributed by atoms with Crippen LogP contribution in [0.15, 0.2) is 0 Å². The van der Waals surface area contributed by atoms with Crippen molar-refractivity contribution in [2.75, 3.05) is 0 Å². The number of Topliss-reactive ketones (excluding diaryl/α,β-unsaturated/α-hetero) is 1. The molecule has 0 radical (unpaired) electrons. The Balaban J connectivity index is 1.87. The molecule has 0 aromatic carbocycles. The quantitative estimate of drug-likeness (QED) is 0.432. The summed E-state index contributed by atoms with van der Waals surface area (Å²) in [5.41, 5.74) is 0. The molecule has 1 aliphatic heterocycles. The van der Waals surface area contributed by atoms with Crippen LogP contribution in [-0.4, -0.2) is 18.0 Å². The molecule has 88 valence electrons. The van der Waals surface area contributed by atoms with Crippen LogP contribution in [0.2, 0.25) is 0 Å². The number of unbranched alkanes of at least 4 members (excludes halogenated alkanes) is 3. The number of ketones is 1. The van der Waals surface area contributed by atoms with Gasteiger partial charge in [0.25, 0.3) is 0 Å². The fraction of sp³-hybridized carbons (Fsp3) is 0.923. The fourth-order valence-corrected chi connectivity index (χ4v) is 2.01. The van der Waals surface area contributed by atoms with E-state index in [4.69, 9.17) is 4.74 Å². The minimum atomic E-state index is 0.301. The monoisotopic (exact) mass is 212 g/mol. The minimum Gasteiger partial charge on any atom is -0.370 e. The molecule has 0 amide bonds. The molecule has 1 fully saturated rings. The summed E-state index contributed by atoms with van der Waals surface area (Å²) in [6, 6.07) is 0. The lowest BCUT2D eigenvalue weighted by molar-refractivity contribution is -0.117. The summed E-state index contributed by atoms with van der Waals surface area (Å²) in [7, 11) is 0. The van der Waals surface area contributed by atoms with Crippen LogP contribution in [0.5, 0.6) is 0 Å². The van der Waals surface area contributed by atoms with E-state index in [-0.39, 0.29) is 0 Å². The Labute approximate surface area is 93.4 Å². The Morgan fingerprint density at radius 3 is 2.33 bits per heavy atom. The summed E-state index contributed by atoms with van der Waals surface area (Å²) in [6.07, 6.45) is 10.3. The van der Waals surface area contributed by atoms with E-state index >= 15 is 0 Å². The standard InChI is InChI=1S/C13H24O2/c1-3-4-5-6-9-12-13(15-12)10-7-8-11(2)14/h12-13H,3-10H2,1-2H3/t12-,13-/m1/s1. The van der Waals surface area contributed by atoms with Gasteiger partial charge < -0.3 is 9.53 Å². The summed E-state index contributed by atoms with van der Waals surface area (Å²) < 4.78 is 5.57. The first-order valence-corrected chi connectivity index (χ1v) is 6.39. The molecule has 1 aliphatic rings. The first kappa shape index (κ1) is 12.7. The SMILES string of the molecule is CCCCCC[C@H]1O[C@@H]1CCCC(C)=O. The highest BCUT2D eigenvalue weighted by Crippen LogP contribution is 2.31. The van der Waals surface area contributed by atoms with E-state index in [0.29, 0.717) is 18.0 Å². The van der Waals surface area contributed by atoms with Crippen molar-refractivity contribution in [1.29, 1.82) is 0 Å². The third-order valence-corrected chi connectivity index (χ3v) is 3.05. The van der Waals surface area contributed by atoms with Crippen LogP contribution in [-0.2, 0) is 9.53 Å². The van der Waals surface area contributed by atoms with Gasteiger partial charge in [-0.2, -0.15) is 0 Å². The largest absolute Gasteiger partial charge is 0.370 e. The van der Waals surface area contributed by atoms with Gasteiger partial charge in [0, 0.05) is 6.42 Å². The van der Waals surface area contributed by atoms with Gasteiger partial charge in [0.1, 0.15) is 5.78 Å². The molecule has 2 heteroatoms. The number of carbonyl (C=O) groups excluding carboxylic acids is 1. The van der Waals surface area contributed by atoms with Crippen molar-refractivity contribution in [3.63, 3.8) is 0 Å². The Kier molecular flexibility index (Phi) is 5.92. The molecule has 0 N–H and O–H groups in total. The summed E-state index contributed by atoms with van der Waals surface area (Å²) in [4.78, 5) is 10.7. The molecule has 2 nitrogen and oxygen atoms in total. The predicted octanol–water partition coefficient (Wildman–Crippen LogP) is 3.48. The maximum absolute atomic E-state index is 10.7. The van der Waals surface area contributed by atoms with Gasteiger partial charge >= 0.3 is 0 Å². The number of epoxide rings is 1. The number of hydrogen-bond acceptors (Lipinski definition) is 2. The van der Waals surface area contributed by atoms with E-state index in [1.807, 2.05) is 0 Å². The van der Waals surface area contributed by atoms with Gasteiger partial charge in [0.2, 0.25) is 0 Å². The summed E-state index contributed by atoms with van der Waals surface area (Å²) in [5, 5.41) is 0. The Morgan fingerprint density at radius 1 is 1.07 bits per heavy atom. The van der Waals surface area contributed by atoms with Gasteiger partial charge in [-0.1, -0.05) is 32.6 Å². The molecule has 0 saturated carbocycles. The molecule has 0 aromatic rings. The van der Waals surface area contributed by atoms with Gasteiger partial charge in [-0.3, -0.25) is 0 Å². The third kappa shape index (κ3) is 5.93. The molecule has 0 spiro atoms. The average Bonchev–Trinajstić information content (AvgIpc) is 2.91. The van der Waals surface area contributed by atoms with Crippen LogP contribution in [0.25, 0.3) is 0 Å². The van der Waals surface area contributed by atoms with E-state index in [1.54, 1.807) is 6.92 Å². The molecule has 15 heavy (non-hydrogen) atoms. The minimum absolute atomic E-state index is 0.301. The maximum atomic E-state index is 10.7. The van der Waals surface area contributed by atoms with E-state index in [2.05, 4.69) is 6.92 Å². The van der Waals surface area contributed by atoms with Crippen molar-refractivity contribution in [3.8, 4) is 0 Å². The first-order valence-electron chi connectivity index (χ1n) is 6.39. The zero-order valence-electron chi connectivity index (χ0n) is 10.1. The molecule has 0 unspecified atom stereocenters. The summed E-state index contributed by atoms with van der Waals surface area (Å²) in [5.74, 6) is 0.301. The van der Waals surface area contributed by atoms with Crippen LogP contribution in [0.4, 0.5) is 0 Å². The van der Waals surface area contributed by atoms with Crippen molar-refractivity contribution in [3.05, 3.63) is 0 Å². The molecule has 2 atom stereocenters. The molecular weight excluding hydrogens is 188 g/mol. The summed E-state index contributed by atoms with van der Waals surface area (Å²) in [6.45, 7) is 3.90. The van der Waals surface area contributed by atoms with Crippen molar-refractivity contribution in [2.45, 2.75) is 77.4 Å². The first-order chi connectivity index (χ1) is 7.24. The van der Waals surface area contributed by atoms with Crippen molar-refractivity contribution < 1.29 is 9.53 Å². The third-order valence-electron chi connectivity index (χ3n) is 3.05. The van der Waals surface area contributed by atoms with Crippen molar-refractivity contribution in [2.24, 2.45) is 0 Å². The highest BCUT2D eigenvalue weighted by Gasteiger charge is 2.36. The van der Waals surface area contributed by atoms with Gasteiger partial charge in [-0.25, -0.2) is 0 Å². The van der Waals surface area contributed by atoms with Gasteiger partial charge in [-0.05, 0) is 26.2 Å². The zero-order chi connectivity index (χ0) is 11.1. The van der Waals surface area contributed by atoms with Crippen LogP contribution >= 0.6 is 0 Å². The topological polar surface area (TPSA) is 29.6 Å². The van der Waals surface area contributed by atoms with E-state index < -0.39 is 0 Å². The maximum Gasteiger partial charge on any atom is 0.129 e. The van der Waals surface area contributed by atoms with Gasteiger partial charge in [-0.15, -0.1) is 0 Å². The number of ether oxygens (including phenoxy) is 1. The lowest BCUT2D eigenvalue weighted by atomic mass is 10.1. The average molecular weight is 212 g/mol. The second-order valence-electron chi connectivity index (χ2n) is 4.66. The fourth-order valence-electron chi connectivity index (χ4n) is 2.01. The Hall–Kier alpha value is -0.370. The van der Waals surface area contributed by atoms with E-state index in [1.165, 1.54) is 32.1 Å². The highest BCUT2D eigenvalue weighted by atomic mass is 16.6. The van der Waals surface area contributed by atoms with E-state index in [9.17, 15) is 4.79 Å².